The Labute approximate surface area is 197 Å². The minimum Gasteiger partial charge on any atom is -0.318 e. The number of nitrogens with one attached hydrogen (secondary N) is 1. The Morgan fingerprint density at radius 3 is 2.55 bits per heavy atom. The van der Waals surface area contributed by atoms with Crippen molar-refractivity contribution in [1.29, 1.82) is 0 Å². The zero-order chi connectivity index (χ0) is 23.8. The fourth-order valence-corrected chi connectivity index (χ4v) is 4.37. The topological polar surface area (TPSA) is 120 Å². The van der Waals surface area contributed by atoms with Crippen LogP contribution in [0.4, 0.5) is 10.1 Å². The van der Waals surface area contributed by atoms with Crippen molar-refractivity contribution in [3.8, 4) is 16.9 Å². The largest absolute Gasteiger partial charge is 0.318 e. The lowest BCUT2D eigenvalue weighted by Crippen LogP contribution is -2.18. The number of halogens is 2. The predicted octanol–water partition coefficient (Wildman–Crippen LogP) is 4.04. The van der Waals surface area contributed by atoms with Gasteiger partial charge >= 0.3 is 0 Å². The number of nitrogens with two attached hydrogens (primary N) is 1. The van der Waals surface area contributed by atoms with Gasteiger partial charge in [-0.15, -0.1) is 0 Å². The first-order chi connectivity index (χ1) is 15.6. The molecule has 2 aromatic carbocycles. The molecule has 0 aliphatic heterocycles. The van der Waals surface area contributed by atoms with Crippen molar-refractivity contribution in [3.63, 3.8) is 0 Å². The monoisotopic (exact) mass is 529 g/mol. The number of nitrogens with zero attached hydrogens (tertiary/aromatic N) is 3. The van der Waals surface area contributed by atoms with E-state index in [1.54, 1.807) is 37.3 Å². The SMILES string of the molecule is Cc1cc(C(=O)Nc2ccc(-c3ccccc3S(N)(=O)=O)cc2F)n(-c2cccc(Br)n2)n1. The van der Waals surface area contributed by atoms with Gasteiger partial charge in [0.2, 0.25) is 10.0 Å². The van der Waals surface area contributed by atoms with Crippen molar-refractivity contribution in [2.24, 2.45) is 5.14 Å². The number of amides is 1. The van der Waals surface area contributed by atoms with Gasteiger partial charge in [0.1, 0.15) is 16.1 Å². The first-order valence-corrected chi connectivity index (χ1v) is 11.9. The summed E-state index contributed by atoms with van der Waals surface area (Å²) in [6.07, 6.45) is 0. The average molecular weight is 530 g/mol. The molecule has 2 heterocycles. The Bertz CT molecular complexity index is 1490. The normalized spacial score (nSPS) is 11.4. The highest BCUT2D eigenvalue weighted by Gasteiger charge is 2.19. The molecule has 0 aliphatic carbocycles. The summed E-state index contributed by atoms with van der Waals surface area (Å²) in [5, 5.41) is 12.1. The number of carbonyl (C=O) groups excluding carboxylic acids is 1. The molecule has 0 spiro atoms. The fraction of sp³-hybridized carbons (Fsp3) is 0.0455. The number of carbonyl (C=O) groups is 1. The summed E-state index contributed by atoms with van der Waals surface area (Å²) in [6.45, 7) is 1.73. The minimum absolute atomic E-state index is 0.0792. The molecule has 168 valence electrons. The van der Waals surface area contributed by atoms with Gasteiger partial charge in [-0.2, -0.15) is 5.10 Å². The second kappa shape index (κ2) is 8.85. The molecule has 3 N–H and O–H groups in total. The molecular weight excluding hydrogens is 513 g/mol. The summed E-state index contributed by atoms with van der Waals surface area (Å²) in [6, 6.07) is 16.8. The lowest BCUT2D eigenvalue weighted by molar-refractivity contribution is 0.101. The highest BCUT2D eigenvalue weighted by molar-refractivity contribution is 9.10. The Morgan fingerprint density at radius 1 is 1.09 bits per heavy atom. The van der Waals surface area contributed by atoms with Gasteiger partial charge in [0.15, 0.2) is 5.82 Å². The Kier molecular flexibility index (Phi) is 6.11. The average Bonchev–Trinajstić information content (AvgIpc) is 3.16. The Morgan fingerprint density at radius 2 is 1.85 bits per heavy atom. The van der Waals surface area contributed by atoms with Crippen LogP contribution in [0.1, 0.15) is 16.2 Å². The van der Waals surface area contributed by atoms with Crippen LogP contribution in [0, 0.1) is 12.7 Å². The highest BCUT2D eigenvalue weighted by Crippen LogP contribution is 2.29. The van der Waals surface area contributed by atoms with Crippen LogP contribution in [0.15, 0.2) is 76.2 Å². The molecule has 1 amide bonds. The summed E-state index contributed by atoms with van der Waals surface area (Å²) < 4.78 is 40.5. The maximum Gasteiger partial charge on any atom is 0.274 e. The number of benzene rings is 2. The van der Waals surface area contributed by atoms with E-state index in [-0.39, 0.29) is 21.8 Å². The number of hydrogen-bond donors (Lipinski definition) is 2. The molecular formula is C22H17BrFN5O3S. The van der Waals surface area contributed by atoms with Crippen molar-refractivity contribution in [2.75, 3.05) is 5.32 Å². The van der Waals surface area contributed by atoms with E-state index in [1.165, 1.54) is 35.0 Å². The molecule has 0 fully saturated rings. The van der Waals surface area contributed by atoms with Gasteiger partial charge in [-0.3, -0.25) is 4.79 Å². The number of hydrogen-bond acceptors (Lipinski definition) is 5. The van der Waals surface area contributed by atoms with E-state index in [4.69, 9.17) is 5.14 Å². The molecule has 4 rings (SSSR count). The lowest BCUT2D eigenvalue weighted by Gasteiger charge is -2.11. The second-order valence-corrected chi connectivity index (χ2v) is 9.43. The number of aromatic nitrogens is 3. The molecule has 0 saturated carbocycles. The van der Waals surface area contributed by atoms with Crippen molar-refractivity contribution in [1.82, 2.24) is 14.8 Å². The standard InChI is InChI=1S/C22H17BrFN5O3S/c1-13-11-18(29(28-13)21-8-4-7-20(23)27-21)22(30)26-17-10-9-14(12-16(17)24)15-5-2-3-6-19(15)33(25,31)32/h2-12H,1H3,(H,26,30)(H2,25,31,32). The molecule has 4 aromatic rings. The maximum atomic E-state index is 14.9. The van der Waals surface area contributed by atoms with Crippen LogP contribution >= 0.6 is 15.9 Å². The molecule has 0 atom stereocenters. The molecule has 33 heavy (non-hydrogen) atoms. The Hall–Kier alpha value is -3.41. The van der Waals surface area contributed by atoms with E-state index < -0.39 is 21.7 Å². The first-order valence-electron chi connectivity index (χ1n) is 9.56. The van der Waals surface area contributed by atoms with E-state index in [1.807, 2.05) is 0 Å². The molecule has 0 bridgehead atoms. The van der Waals surface area contributed by atoms with Gasteiger partial charge in [0, 0.05) is 5.56 Å². The quantitative estimate of drug-likeness (QED) is 0.378. The zero-order valence-electron chi connectivity index (χ0n) is 17.2. The minimum atomic E-state index is -4.00. The van der Waals surface area contributed by atoms with E-state index in [0.29, 0.717) is 21.7 Å². The number of aryl methyl sites for hydroxylation is 1. The van der Waals surface area contributed by atoms with Gasteiger partial charge in [0.05, 0.1) is 16.3 Å². The van der Waals surface area contributed by atoms with Gasteiger partial charge in [-0.05, 0) is 64.8 Å². The van der Waals surface area contributed by atoms with Crippen molar-refractivity contribution in [2.45, 2.75) is 11.8 Å². The third kappa shape index (κ3) is 4.85. The summed E-state index contributed by atoms with van der Waals surface area (Å²) in [5.74, 6) is -0.916. The van der Waals surface area contributed by atoms with E-state index in [9.17, 15) is 17.6 Å². The molecule has 0 aliphatic rings. The number of anilines is 1. The summed E-state index contributed by atoms with van der Waals surface area (Å²) in [5.41, 5.74) is 1.23. The molecule has 11 heteroatoms. The van der Waals surface area contributed by atoms with E-state index in [0.717, 1.165) is 6.07 Å². The summed E-state index contributed by atoms with van der Waals surface area (Å²) >= 11 is 3.29. The van der Waals surface area contributed by atoms with Gasteiger partial charge in [-0.25, -0.2) is 27.6 Å². The number of rotatable bonds is 5. The van der Waals surface area contributed by atoms with Crippen LogP contribution in [0.25, 0.3) is 16.9 Å². The highest BCUT2D eigenvalue weighted by atomic mass is 79.9. The summed E-state index contributed by atoms with van der Waals surface area (Å²) in [7, 11) is -4.00. The fourth-order valence-electron chi connectivity index (χ4n) is 3.27. The Balaban J connectivity index is 1.66. The second-order valence-electron chi connectivity index (χ2n) is 7.09. The van der Waals surface area contributed by atoms with Crippen LogP contribution in [0.2, 0.25) is 0 Å². The third-order valence-electron chi connectivity index (χ3n) is 4.70. The van der Waals surface area contributed by atoms with Crippen molar-refractivity contribution in [3.05, 3.63) is 88.5 Å². The van der Waals surface area contributed by atoms with Crippen LogP contribution in [0.5, 0.6) is 0 Å². The van der Waals surface area contributed by atoms with Crippen LogP contribution < -0.4 is 10.5 Å². The molecule has 8 nitrogen and oxygen atoms in total. The molecule has 0 saturated heterocycles. The predicted molar refractivity (Wildman–Crippen MR) is 125 cm³/mol. The first kappa shape index (κ1) is 22.8. The smallest absolute Gasteiger partial charge is 0.274 e. The number of sulfonamides is 1. The van der Waals surface area contributed by atoms with Crippen molar-refractivity contribution < 1.29 is 17.6 Å². The lowest BCUT2D eigenvalue weighted by atomic mass is 10.0. The van der Waals surface area contributed by atoms with E-state index >= 15 is 0 Å². The van der Waals surface area contributed by atoms with Crippen LogP contribution in [-0.2, 0) is 10.0 Å². The van der Waals surface area contributed by atoms with Gasteiger partial charge < -0.3 is 5.32 Å². The number of primary sulfonamides is 1. The van der Waals surface area contributed by atoms with Crippen molar-refractivity contribution >= 4 is 37.5 Å². The van der Waals surface area contributed by atoms with Crippen LogP contribution in [0.3, 0.4) is 0 Å². The molecule has 0 unspecified atom stereocenters. The van der Waals surface area contributed by atoms with Gasteiger partial charge in [-0.1, -0.05) is 30.3 Å². The van der Waals surface area contributed by atoms with Gasteiger partial charge in [0.25, 0.3) is 5.91 Å². The molecule has 0 radical (unpaired) electrons. The third-order valence-corrected chi connectivity index (χ3v) is 6.11. The van der Waals surface area contributed by atoms with E-state index in [2.05, 4.69) is 31.3 Å². The van der Waals surface area contributed by atoms with Crippen LogP contribution in [-0.4, -0.2) is 29.1 Å². The zero-order valence-corrected chi connectivity index (χ0v) is 19.6. The summed E-state index contributed by atoms with van der Waals surface area (Å²) in [4.78, 5) is 17.1. The number of pyridine rings is 1. The molecule has 2 aromatic heterocycles. The maximum absolute atomic E-state index is 14.9.